The van der Waals surface area contributed by atoms with Gasteiger partial charge >= 0.3 is 6.03 Å². The van der Waals surface area contributed by atoms with Crippen LogP contribution in [0.5, 0.6) is 0 Å². The standard InChI is InChI=1S/C5H6N4O2S2/c10-4(9-11)6-2-1-3(12)8-5(13)7-2/h1,11H,(H4,6,7,8,9,10,12,13). The minimum absolute atomic E-state index is 0.181. The molecule has 13 heavy (non-hydrogen) atoms. The van der Waals surface area contributed by atoms with Crippen molar-refractivity contribution in [3.63, 3.8) is 0 Å². The predicted octanol–water partition coefficient (Wildman–Crippen LogP) is 0.565. The van der Waals surface area contributed by atoms with Gasteiger partial charge in [0.1, 0.15) is 5.82 Å². The largest absolute Gasteiger partial charge is 0.344 e. The third-order valence-electron chi connectivity index (χ3n) is 1.04. The number of carbonyl (C=O) groups excluding carboxylic acids is 1. The van der Waals surface area contributed by atoms with Gasteiger partial charge in [-0.05, 0) is 0 Å². The lowest BCUT2D eigenvalue weighted by molar-refractivity contribution is 0.172. The van der Waals surface area contributed by atoms with Crippen LogP contribution in [0.25, 0.3) is 0 Å². The van der Waals surface area contributed by atoms with Crippen LogP contribution in [0.3, 0.4) is 0 Å². The normalized spacial score (nSPS) is 9.46. The average Bonchev–Trinajstić information content (AvgIpc) is 2.02. The zero-order valence-corrected chi connectivity index (χ0v) is 8.01. The molecule has 0 bridgehead atoms. The molecule has 1 aromatic heterocycles. The van der Waals surface area contributed by atoms with Gasteiger partial charge in [-0.15, -0.1) is 25.3 Å². The van der Waals surface area contributed by atoms with E-state index in [0.29, 0.717) is 5.03 Å². The van der Waals surface area contributed by atoms with Gasteiger partial charge < -0.3 is 0 Å². The first-order valence-electron chi connectivity index (χ1n) is 3.10. The van der Waals surface area contributed by atoms with E-state index >= 15 is 0 Å². The molecule has 70 valence electrons. The van der Waals surface area contributed by atoms with E-state index in [0.717, 1.165) is 0 Å². The molecule has 0 saturated heterocycles. The summed E-state index contributed by atoms with van der Waals surface area (Å²) in [6.45, 7) is 0. The molecule has 2 amide bonds. The molecule has 8 heteroatoms. The molecule has 0 aliphatic heterocycles. The molecule has 0 spiro atoms. The zero-order valence-electron chi connectivity index (χ0n) is 6.22. The van der Waals surface area contributed by atoms with Crippen LogP contribution in [-0.4, -0.2) is 21.2 Å². The Morgan fingerprint density at radius 3 is 2.69 bits per heavy atom. The summed E-state index contributed by atoms with van der Waals surface area (Å²) >= 11 is 7.81. The van der Waals surface area contributed by atoms with Gasteiger partial charge in [0.25, 0.3) is 0 Å². The Morgan fingerprint density at radius 2 is 2.15 bits per heavy atom. The summed E-state index contributed by atoms with van der Waals surface area (Å²) in [6, 6.07) is 0.622. The molecule has 3 N–H and O–H groups in total. The molecule has 1 heterocycles. The Hall–Kier alpha value is -0.990. The van der Waals surface area contributed by atoms with E-state index in [2.05, 4.69) is 40.5 Å². The first kappa shape index (κ1) is 10.1. The lowest BCUT2D eigenvalue weighted by Crippen LogP contribution is -2.25. The van der Waals surface area contributed by atoms with E-state index in [9.17, 15) is 4.79 Å². The SMILES string of the molecule is O=C(NO)Nc1cc(S)nc(S)n1. The fourth-order valence-corrected chi connectivity index (χ4v) is 1.14. The van der Waals surface area contributed by atoms with Crippen LogP contribution in [0, 0.1) is 0 Å². The number of urea groups is 1. The van der Waals surface area contributed by atoms with Crippen molar-refractivity contribution in [2.75, 3.05) is 5.32 Å². The molecular formula is C5H6N4O2S2. The van der Waals surface area contributed by atoms with Crippen LogP contribution in [0.1, 0.15) is 0 Å². The number of hydrogen-bond donors (Lipinski definition) is 5. The number of hydroxylamine groups is 1. The van der Waals surface area contributed by atoms with Crippen LogP contribution < -0.4 is 10.8 Å². The van der Waals surface area contributed by atoms with Gasteiger partial charge in [0.15, 0.2) is 5.16 Å². The lowest BCUT2D eigenvalue weighted by Gasteiger charge is -2.03. The monoisotopic (exact) mass is 218 g/mol. The second kappa shape index (κ2) is 4.30. The van der Waals surface area contributed by atoms with Gasteiger partial charge in [0, 0.05) is 6.07 Å². The molecule has 1 aromatic rings. The van der Waals surface area contributed by atoms with E-state index in [1.54, 1.807) is 0 Å². The summed E-state index contributed by atoms with van der Waals surface area (Å²) in [5.74, 6) is 0.205. The van der Waals surface area contributed by atoms with Crippen molar-refractivity contribution in [3.8, 4) is 0 Å². The second-order valence-corrected chi connectivity index (χ2v) is 2.84. The van der Waals surface area contributed by atoms with Crippen LogP contribution in [0.2, 0.25) is 0 Å². The van der Waals surface area contributed by atoms with Crippen molar-refractivity contribution in [3.05, 3.63) is 6.07 Å². The Kier molecular flexibility index (Phi) is 3.34. The summed E-state index contributed by atoms with van der Waals surface area (Å²) in [4.78, 5) is 18.1. The number of aromatic nitrogens is 2. The van der Waals surface area contributed by atoms with Crippen LogP contribution in [0.4, 0.5) is 10.6 Å². The summed E-state index contributed by atoms with van der Waals surface area (Å²) in [7, 11) is 0. The Bertz CT molecular complexity index is 312. The van der Waals surface area contributed by atoms with Crippen LogP contribution >= 0.6 is 25.3 Å². The van der Waals surface area contributed by atoms with E-state index in [1.165, 1.54) is 11.5 Å². The molecule has 0 saturated carbocycles. The number of nitrogens with zero attached hydrogens (tertiary/aromatic N) is 2. The number of nitrogens with one attached hydrogen (secondary N) is 2. The maximum Gasteiger partial charge on any atom is 0.344 e. The van der Waals surface area contributed by atoms with Crippen LogP contribution in [0.15, 0.2) is 16.2 Å². The lowest BCUT2D eigenvalue weighted by atomic mass is 10.6. The summed E-state index contributed by atoms with van der Waals surface area (Å²) in [6.07, 6.45) is 0. The average molecular weight is 218 g/mol. The zero-order chi connectivity index (χ0) is 9.84. The van der Waals surface area contributed by atoms with Gasteiger partial charge in [-0.25, -0.2) is 20.2 Å². The number of thiol groups is 2. The predicted molar refractivity (Wildman–Crippen MR) is 50.5 cm³/mol. The Balaban J connectivity index is 2.83. The van der Waals surface area contributed by atoms with Crippen LogP contribution in [-0.2, 0) is 0 Å². The Labute approximate surface area is 84.6 Å². The number of carbonyl (C=O) groups is 1. The highest BCUT2D eigenvalue weighted by atomic mass is 32.1. The number of hydrogen-bond acceptors (Lipinski definition) is 6. The highest BCUT2D eigenvalue weighted by Gasteiger charge is 2.02. The van der Waals surface area contributed by atoms with Crippen molar-refractivity contribution in [1.29, 1.82) is 0 Å². The molecule has 0 radical (unpaired) electrons. The van der Waals surface area contributed by atoms with Gasteiger partial charge in [0.2, 0.25) is 0 Å². The highest BCUT2D eigenvalue weighted by molar-refractivity contribution is 7.80. The first-order chi connectivity index (χ1) is 6.11. The molecule has 0 aliphatic rings. The molecule has 0 aliphatic carbocycles. The minimum atomic E-state index is -0.792. The molecule has 0 fully saturated rings. The second-order valence-electron chi connectivity index (χ2n) is 1.98. The smallest absolute Gasteiger partial charge is 0.290 e. The van der Waals surface area contributed by atoms with Gasteiger partial charge in [-0.3, -0.25) is 10.5 Å². The van der Waals surface area contributed by atoms with E-state index in [-0.39, 0.29) is 11.0 Å². The maximum atomic E-state index is 10.6. The Morgan fingerprint density at radius 1 is 1.46 bits per heavy atom. The molecular weight excluding hydrogens is 212 g/mol. The summed E-state index contributed by atoms with van der Waals surface area (Å²) in [5.41, 5.74) is 1.39. The molecule has 0 atom stereocenters. The van der Waals surface area contributed by atoms with Gasteiger partial charge in [-0.1, -0.05) is 0 Å². The van der Waals surface area contributed by atoms with Crippen molar-refractivity contribution >= 4 is 37.1 Å². The summed E-state index contributed by atoms with van der Waals surface area (Å²) < 4.78 is 0. The van der Waals surface area contributed by atoms with Crippen molar-refractivity contribution < 1.29 is 10.0 Å². The number of amides is 2. The highest BCUT2D eigenvalue weighted by Crippen LogP contribution is 2.11. The topological polar surface area (TPSA) is 87.1 Å². The molecule has 0 unspecified atom stereocenters. The van der Waals surface area contributed by atoms with Crippen molar-refractivity contribution in [1.82, 2.24) is 15.4 Å². The van der Waals surface area contributed by atoms with Gasteiger partial charge in [-0.2, -0.15) is 0 Å². The minimum Gasteiger partial charge on any atom is -0.290 e. The number of anilines is 1. The van der Waals surface area contributed by atoms with E-state index in [1.807, 2.05) is 0 Å². The first-order valence-corrected chi connectivity index (χ1v) is 3.99. The fourth-order valence-electron chi connectivity index (χ4n) is 0.630. The van der Waals surface area contributed by atoms with Crippen molar-refractivity contribution in [2.45, 2.75) is 10.2 Å². The molecule has 1 rings (SSSR count). The summed E-state index contributed by atoms with van der Waals surface area (Å²) in [5, 5.41) is 11.0. The molecule has 6 nitrogen and oxygen atoms in total. The van der Waals surface area contributed by atoms with E-state index in [4.69, 9.17) is 5.21 Å². The molecule has 0 aromatic carbocycles. The van der Waals surface area contributed by atoms with Crippen molar-refractivity contribution in [2.24, 2.45) is 0 Å². The van der Waals surface area contributed by atoms with Gasteiger partial charge in [0.05, 0.1) is 5.03 Å². The third kappa shape index (κ3) is 3.09. The fraction of sp³-hybridized carbons (Fsp3) is 0. The number of rotatable bonds is 1. The van der Waals surface area contributed by atoms with E-state index < -0.39 is 6.03 Å². The maximum absolute atomic E-state index is 10.6. The third-order valence-corrected chi connectivity index (χ3v) is 1.47. The quantitative estimate of drug-likeness (QED) is 0.157.